The summed E-state index contributed by atoms with van der Waals surface area (Å²) in [4.78, 5) is 10.2. The van der Waals surface area contributed by atoms with Crippen molar-refractivity contribution in [2.45, 2.75) is 32.1 Å². The van der Waals surface area contributed by atoms with Gasteiger partial charge < -0.3 is 5.11 Å². The Labute approximate surface area is 156 Å². The molecule has 2 heteroatoms. The molecule has 0 saturated carbocycles. The zero-order valence-electron chi connectivity index (χ0n) is 15.2. The van der Waals surface area contributed by atoms with Gasteiger partial charge in [-0.05, 0) is 29.7 Å². The minimum Gasteiger partial charge on any atom is -0.478 e. The topological polar surface area (TPSA) is 37.3 Å². The van der Waals surface area contributed by atoms with E-state index in [0.29, 0.717) is 11.5 Å². The molecule has 2 nitrogen and oxygen atoms in total. The Morgan fingerprint density at radius 1 is 0.769 bits per heavy atom. The summed E-state index contributed by atoms with van der Waals surface area (Å²) in [5.74, 6) is -0.326. The number of carboxylic acids is 1. The first-order valence-electron chi connectivity index (χ1n) is 9.10. The number of unbranched alkanes of at least 4 members (excludes halogenated alkanes) is 1. The van der Waals surface area contributed by atoms with Crippen LogP contribution in [0.25, 0.3) is 0 Å². The van der Waals surface area contributed by atoms with Crippen molar-refractivity contribution in [3.05, 3.63) is 108 Å². The second kappa shape index (κ2) is 10.9. The molecular formula is C24H26O2. The van der Waals surface area contributed by atoms with E-state index in [1.807, 2.05) is 0 Å². The standard InChI is InChI=1S/C17H20.C7H6O2/c1-2-3-14-17(15-10-6-4-7-11-15)16-12-8-5-9-13-16;8-7(9)6-4-2-1-3-5-6/h4-13,17H,2-3,14H2,1H3;1-5H,(H,8,9). The number of rotatable bonds is 6. The van der Waals surface area contributed by atoms with Crippen LogP contribution >= 0.6 is 0 Å². The summed E-state index contributed by atoms with van der Waals surface area (Å²) in [6.45, 7) is 2.26. The van der Waals surface area contributed by atoms with Crippen LogP contribution in [0.5, 0.6) is 0 Å². The van der Waals surface area contributed by atoms with Gasteiger partial charge in [0.25, 0.3) is 0 Å². The van der Waals surface area contributed by atoms with Crippen LogP contribution in [0, 0.1) is 0 Å². The largest absolute Gasteiger partial charge is 0.478 e. The minimum atomic E-state index is -0.879. The highest BCUT2D eigenvalue weighted by Crippen LogP contribution is 2.29. The van der Waals surface area contributed by atoms with Crippen molar-refractivity contribution < 1.29 is 9.90 Å². The zero-order chi connectivity index (χ0) is 18.6. The highest BCUT2D eigenvalue weighted by Gasteiger charge is 2.12. The van der Waals surface area contributed by atoms with Crippen molar-refractivity contribution in [2.24, 2.45) is 0 Å². The second-order valence-electron chi connectivity index (χ2n) is 6.19. The fraction of sp³-hybridized carbons (Fsp3) is 0.208. The number of carboxylic acid groups (broad SMARTS) is 1. The zero-order valence-corrected chi connectivity index (χ0v) is 15.2. The van der Waals surface area contributed by atoms with Gasteiger partial charge in [0, 0.05) is 5.92 Å². The average Bonchev–Trinajstić information content (AvgIpc) is 2.71. The molecule has 0 atom stereocenters. The van der Waals surface area contributed by atoms with E-state index >= 15 is 0 Å². The molecule has 0 aliphatic carbocycles. The number of benzene rings is 3. The molecule has 0 spiro atoms. The van der Waals surface area contributed by atoms with E-state index in [9.17, 15) is 4.79 Å². The Kier molecular flexibility index (Phi) is 8.14. The van der Waals surface area contributed by atoms with Gasteiger partial charge in [-0.1, -0.05) is 98.6 Å². The molecule has 0 amide bonds. The summed E-state index contributed by atoms with van der Waals surface area (Å²) in [5, 5.41) is 8.38. The van der Waals surface area contributed by atoms with Crippen LogP contribution in [0.1, 0.15) is 53.6 Å². The maximum Gasteiger partial charge on any atom is 0.335 e. The maximum atomic E-state index is 10.2. The quantitative estimate of drug-likeness (QED) is 0.561. The van der Waals surface area contributed by atoms with Crippen LogP contribution in [-0.4, -0.2) is 11.1 Å². The third kappa shape index (κ3) is 6.21. The lowest BCUT2D eigenvalue weighted by Gasteiger charge is -2.17. The van der Waals surface area contributed by atoms with Gasteiger partial charge >= 0.3 is 5.97 Å². The summed E-state index contributed by atoms with van der Waals surface area (Å²) < 4.78 is 0. The molecule has 0 aliphatic heterocycles. The van der Waals surface area contributed by atoms with E-state index in [1.165, 1.54) is 30.4 Å². The summed E-state index contributed by atoms with van der Waals surface area (Å²) in [7, 11) is 0. The van der Waals surface area contributed by atoms with Crippen molar-refractivity contribution in [1.82, 2.24) is 0 Å². The number of hydrogen-bond acceptors (Lipinski definition) is 1. The third-order valence-electron chi connectivity index (χ3n) is 4.27. The van der Waals surface area contributed by atoms with Crippen LogP contribution in [-0.2, 0) is 0 Å². The lowest BCUT2D eigenvalue weighted by Crippen LogP contribution is -2.00. The SMILES string of the molecule is CCCCC(c1ccccc1)c1ccccc1.O=C(O)c1ccccc1. The molecule has 134 valence electrons. The van der Waals surface area contributed by atoms with Gasteiger partial charge in [0.05, 0.1) is 5.56 Å². The summed E-state index contributed by atoms with van der Waals surface area (Å²) in [6, 6.07) is 30.0. The Morgan fingerprint density at radius 3 is 1.54 bits per heavy atom. The molecule has 0 aromatic heterocycles. The van der Waals surface area contributed by atoms with Gasteiger partial charge in [-0.2, -0.15) is 0 Å². The fourth-order valence-corrected chi connectivity index (χ4v) is 2.89. The Balaban J connectivity index is 0.000000228. The number of aromatic carboxylic acids is 1. The molecule has 0 fully saturated rings. The van der Waals surface area contributed by atoms with Gasteiger partial charge in [0.15, 0.2) is 0 Å². The predicted molar refractivity (Wildman–Crippen MR) is 108 cm³/mol. The maximum absolute atomic E-state index is 10.2. The highest BCUT2D eigenvalue weighted by molar-refractivity contribution is 5.87. The van der Waals surface area contributed by atoms with Crippen molar-refractivity contribution in [3.8, 4) is 0 Å². The molecule has 0 aliphatic rings. The van der Waals surface area contributed by atoms with E-state index < -0.39 is 5.97 Å². The molecule has 3 aromatic rings. The van der Waals surface area contributed by atoms with Crippen LogP contribution < -0.4 is 0 Å². The Morgan fingerprint density at radius 2 is 1.19 bits per heavy atom. The molecule has 1 N–H and O–H groups in total. The molecule has 0 radical (unpaired) electrons. The van der Waals surface area contributed by atoms with Crippen LogP contribution in [0.2, 0.25) is 0 Å². The molecule has 3 rings (SSSR count). The van der Waals surface area contributed by atoms with Crippen molar-refractivity contribution in [3.63, 3.8) is 0 Å². The molecule has 0 unspecified atom stereocenters. The average molecular weight is 346 g/mol. The molecule has 26 heavy (non-hydrogen) atoms. The van der Waals surface area contributed by atoms with Crippen LogP contribution in [0.3, 0.4) is 0 Å². The van der Waals surface area contributed by atoms with Gasteiger partial charge in [-0.3, -0.25) is 0 Å². The van der Waals surface area contributed by atoms with Gasteiger partial charge in [-0.25, -0.2) is 4.79 Å². The van der Waals surface area contributed by atoms with Crippen LogP contribution in [0.4, 0.5) is 0 Å². The Hall–Kier alpha value is -2.87. The van der Waals surface area contributed by atoms with E-state index in [0.717, 1.165) is 0 Å². The summed E-state index contributed by atoms with van der Waals surface area (Å²) in [5.41, 5.74) is 3.21. The molecule has 0 saturated heterocycles. The van der Waals surface area contributed by atoms with Crippen LogP contribution in [0.15, 0.2) is 91.0 Å². The molecule has 3 aromatic carbocycles. The predicted octanol–water partition coefficient (Wildman–Crippen LogP) is 6.39. The smallest absolute Gasteiger partial charge is 0.335 e. The van der Waals surface area contributed by atoms with Gasteiger partial charge in [-0.15, -0.1) is 0 Å². The highest BCUT2D eigenvalue weighted by atomic mass is 16.4. The first-order chi connectivity index (χ1) is 12.7. The monoisotopic (exact) mass is 346 g/mol. The summed E-state index contributed by atoms with van der Waals surface area (Å²) in [6.07, 6.45) is 3.79. The van der Waals surface area contributed by atoms with E-state index in [2.05, 4.69) is 67.6 Å². The molecule has 0 heterocycles. The Bertz CT molecular complexity index is 712. The lowest BCUT2D eigenvalue weighted by molar-refractivity contribution is 0.0697. The second-order valence-corrected chi connectivity index (χ2v) is 6.19. The van der Waals surface area contributed by atoms with E-state index in [4.69, 9.17) is 5.11 Å². The fourth-order valence-electron chi connectivity index (χ4n) is 2.89. The summed E-state index contributed by atoms with van der Waals surface area (Å²) >= 11 is 0. The molecule has 0 bridgehead atoms. The van der Waals surface area contributed by atoms with E-state index in [1.54, 1.807) is 30.3 Å². The van der Waals surface area contributed by atoms with Gasteiger partial charge in [0.1, 0.15) is 0 Å². The van der Waals surface area contributed by atoms with Crippen molar-refractivity contribution >= 4 is 5.97 Å². The first-order valence-corrected chi connectivity index (χ1v) is 9.10. The van der Waals surface area contributed by atoms with Gasteiger partial charge in [0.2, 0.25) is 0 Å². The molecular weight excluding hydrogens is 320 g/mol. The third-order valence-corrected chi connectivity index (χ3v) is 4.27. The van der Waals surface area contributed by atoms with Crippen molar-refractivity contribution in [2.75, 3.05) is 0 Å². The number of hydrogen-bond donors (Lipinski definition) is 1. The minimum absolute atomic E-state index is 0.331. The van der Waals surface area contributed by atoms with E-state index in [-0.39, 0.29) is 0 Å². The first kappa shape index (κ1) is 19.5. The lowest BCUT2D eigenvalue weighted by atomic mass is 9.87. The number of carbonyl (C=O) groups is 1. The normalized spacial score (nSPS) is 10.1. The van der Waals surface area contributed by atoms with Crippen molar-refractivity contribution in [1.29, 1.82) is 0 Å².